The van der Waals surface area contributed by atoms with Crippen LogP contribution >= 0.6 is 0 Å². The number of nitrogens with zero attached hydrogens (tertiary/aromatic N) is 1. The van der Waals surface area contributed by atoms with Crippen LogP contribution in [0.4, 0.5) is 0 Å². The van der Waals surface area contributed by atoms with E-state index in [0.29, 0.717) is 26.2 Å². The second-order valence-electron chi connectivity index (χ2n) is 7.87. The average Bonchev–Trinajstić information content (AvgIpc) is 3.27. The summed E-state index contributed by atoms with van der Waals surface area (Å²) in [6.07, 6.45) is 3.57. The van der Waals surface area contributed by atoms with Crippen LogP contribution in [0.1, 0.15) is 24.8 Å². The summed E-state index contributed by atoms with van der Waals surface area (Å²) in [5.74, 6) is 2.40. The van der Waals surface area contributed by atoms with Crippen LogP contribution in [0, 0.1) is 0 Å². The first-order valence-electron chi connectivity index (χ1n) is 10.8. The smallest absolute Gasteiger partial charge is 0.223 e. The molecule has 0 aliphatic carbocycles. The van der Waals surface area contributed by atoms with Gasteiger partial charge in [-0.15, -0.1) is 0 Å². The number of likely N-dealkylation sites (tertiary alicyclic amines) is 1. The van der Waals surface area contributed by atoms with E-state index in [9.17, 15) is 4.79 Å². The second kappa shape index (κ2) is 10.3. The zero-order valence-electron chi connectivity index (χ0n) is 17.3. The highest BCUT2D eigenvalue weighted by Gasteiger charge is 2.21. The minimum absolute atomic E-state index is 0.0210. The fourth-order valence-corrected chi connectivity index (χ4v) is 4.02. The second-order valence-corrected chi connectivity index (χ2v) is 7.87. The Kier molecular flexibility index (Phi) is 7.08. The van der Waals surface area contributed by atoms with Gasteiger partial charge in [0.1, 0.15) is 19.0 Å². The summed E-state index contributed by atoms with van der Waals surface area (Å²) in [5.41, 5.74) is 1.14. The Morgan fingerprint density at radius 3 is 2.60 bits per heavy atom. The van der Waals surface area contributed by atoms with Crippen molar-refractivity contribution < 1.29 is 19.0 Å². The van der Waals surface area contributed by atoms with Crippen LogP contribution < -0.4 is 19.5 Å². The van der Waals surface area contributed by atoms with Crippen LogP contribution in [0.15, 0.2) is 48.5 Å². The van der Waals surface area contributed by atoms with Gasteiger partial charge in [0.05, 0.1) is 13.0 Å². The molecule has 1 fully saturated rings. The molecule has 2 aromatic rings. The summed E-state index contributed by atoms with van der Waals surface area (Å²) < 4.78 is 17.0. The first-order valence-corrected chi connectivity index (χ1v) is 10.8. The van der Waals surface area contributed by atoms with Gasteiger partial charge in [-0.25, -0.2) is 0 Å². The van der Waals surface area contributed by atoms with Crippen LogP contribution in [0.5, 0.6) is 17.2 Å². The van der Waals surface area contributed by atoms with E-state index < -0.39 is 0 Å². The third kappa shape index (κ3) is 5.89. The van der Waals surface area contributed by atoms with Crippen molar-refractivity contribution in [2.75, 3.05) is 39.5 Å². The number of carbonyl (C=O) groups excluding carboxylic acids is 1. The molecule has 160 valence electrons. The Morgan fingerprint density at radius 2 is 1.80 bits per heavy atom. The lowest BCUT2D eigenvalue weighted by atomic mass is 10.0. The van der Waals surface area contributed by atoms with Crippen LogP contribution in [0.2, 0.25) is 0 Å². The number of fused-ring (bicyclic) bond motifs is 1. The molecule has 0 saturated carbocycles. The molecule has 0 aromatic heterocycles. The van der Waals surface area contributed by atoms with Crippen molar-refractivity contribution >= 4 is 5.91 Å². The van der Waals surface area contributed by atoms with Gasteiger partial charge in [0.2, 0.25) is 5.91 Å². The molecule has 30 heavy (non-hydrogen) atoms. The van der Waals surface area contributed by atoms with E-state index in [4.69, 9.17) is 14.2 Å². The van der Waals surface area contributed by atoms with Gasteiger partial charge in [0.15, 0.2) is 11.5 Å². The van der Waals surface area contributed by atoms with Crippen molar-refractivity contribution in [3.8, 4) is 17.2 Å². The van der Waals surface area contributed by atoms with Gasteiger partial charge >= 0.3 is 0 Å². The van der Waals surface area contributed by atoms with E-state index in [0.717, 1.165) is 48.9 Å². The van der Waals surface area contributed by atoms with Crippen molar-refractivity contribution in [1.29, 1.82) is 0 Å². The number of nitrogens with one attached hydrogen (secondary N) is 1. The molecular formula is C24H30N2O4. The molecule has 6 nitrogen and oxygen atoms in total. The Morgan fingerprint density at radius 1 is 1.03 bits per heavy atom. The summed E-state index contributed by atoms with van der Waals surface area (Å²) >= 11 is 0. The van der Waals surface area contributed by atoms with Crippen LogP contribution in [0.3, 0.4) is 0 Å². The van der Waals surface area contributed by atoms with Crippen molar-refractivity contribution in [2.24, 2.45) is 0 Å². The number of rotatable bonds is 9. The summed E-state index contributed by atoms with van der Waals surface area (Å²) in [7, 11) is 0. The predicted molar refractivity (Wildman–Crippen MR) is 115 cm³/mol. The number of para-hydroxylation sites is 1. The van der Waals surface area contributed by atoms with E-state index in [1.807, 2.05) is 42.5 Å². The number of carbonyl (C=O) groups is 1. The highest BCUT2D eigenvalue weighted by atomic mass is 16.6. The van der Waals surface area contributed by atoms with Gasteiger partial charge in [-0.3, -0.25) is 4.79 Å². The standard InChI is InChI=1S/C24H30N2O4/c27-24(10-13-28-21-6-2-1-3-7-21)25-20(18-26-11-4-5-12-26)16-19-8-9-22-23(17-19)30-15-14-29-22/h1-3,6-9,17,20H,4-5,10-16,18H2,(H,25,27). The number of amides is 1. The zero-order valence-corrected chi connectivity index (χ0v) is 17.3. The monoisotopic (exact) mass is 410 g/mol. The van der Waals surface area contributed by atoms with E-state index in [1.165, 1.54) is 12.8 Å². The molecule has 2 aliphatic heterocycles. The maximum absolute atomic E-state index is 12.6. The molecular weight excluding hydrogens is 380 g/mol. The minimum atomic E-state index is 0.0210. The molecule has 1 N–H and O–H groups in total. The quantitative estimate of drug-likeness (QED) is 0.689. The van der Waals surface area contributed by atoms with Crippen molar-refractivity contribution in [2.45, 2.75) is 31.7 Å². The molecule has 1 saturated heterocycles. The van der Waals surface area contributed by atoms with Gasteiger partial charge < -0.3 is 24.4 Å². The molecule has 0 bridgehead atoms. The maximum atomic E-state index is 12.6. The molecule has 2 aliphatic rings. The van der Waals surface area contributed by atoms with Crippen molar-refractivity contribution in [3.05, 3.63) is 54.1 Å². The van der Waals surface area contributed by atoms with Crippen molar-refractivity contribution in [3.63, 3.8) is 0 Å². The molecule has 1 unspecified atom stereocenters. The molecule has 4 rings (SSSR count). The van der Waals surface area contributed by atoms with Gasteiger partial charge in [-0.05, 0) is 62.2 Å². The molecule has 0 radical (unpaired) electrons. The fourth-order valence-electron chi connectivity index (χ4n) is 4.02. The van der Waals surface area contributed by atoms with E-state index in [2.05, 4.69) is 16.3 Å². The molecule has 2 heterocycles. The van der Waals surface area contributed by atoms with Crippen LogP contribution in [0.25, 0.3) is 0 Å². The Bertz CT molecular complexity index is 821. The van der Waals surface area contributed by atoms with Gasteiger partial charge in [-0.2, -0.15) is 0 Å². The van der Waals surface area contributed by atoms with Crippen molar-refractivity contribution in [1.82, 2.24) is 10.2 Å². The summed E-state index contributed by atoms with van der Waals surface area (Å²) in [4.78, 5) is 15.0. The summed E-state index contributed by atoms with van der Waals surface area (Å²) in [6.45, 7) is 4.60. The Balaban J connectivity index is 1.33. The van der Waals surface area contributed by atoms with E-state index in [1.54, 1.807) is 0 Å². The SMILES string of the molecule is O=C(CCOc1ccccc1)NC(Cc1ccc2c(c1)OCCO2)CN1CCCC1. The van der Waals surface area contributed by atoms with Gasteiger partial charge in [-0.1, -0.05) is 24.3 Å². The van der Waals surface area contributed by atoms with Crippen LogP contribution in [-0.4, -0.2) is 56.3 Å². The number of hydrogen-bond acceptors (Lipinski definition) is 5. The molecule has 1 amide bonds. The lowest BCUT2D eigenvalue weighted by Gasteiger charge is -2.25. The Labute approximate surface area is 178 Å². The molecule has 6 heteroatoms. The summed E-state index contributed by atoms with van der Waals surface area (Å²) in [5, 5.41) is 3.23. The topological polar surface area (TPSA) is 60.0 Å². The lowest BCUT2D eigenvalue weighted by molar-refractivity contribution is -0.122. The predicted octanol–water partition coefficient (Wildman–Crippen LogP) is 3.05. The lowest BCUT2D eigenvalue weighted by Crippen LogP contribution is -2.44. The number of benzene rings is 2. The highest BCUT2D eigenvalue weighted by molar-refractivity contribution is 5.76. The average molecular weight is 411 g/mol. The minimum Gasteiger partial charge on any atom is -0.493 e. The number of hydrogen-bond donors (Lipinski definition) is 1. The van der Waals surface area contributed by atoms with Gasteiger partial charge in [0, 0.05) is 12.6 Å². The largest absolute Gasteiger partial charge is 0.493 e. The first-order chi connectivity index (χ1) is 14.8. The third-order valence-electron chi connectivity index (χ3n) is 5.47. The van der Waals surface area contributed by atoms with Gasteiger partial charge in [0.25, 0.3) is 0 Å². The maximum Gasteiger partial charge on any atom is 0.223 e. The normalized spacial score (nSPS) is 16.8. The first kappa shape index (κ1) is 20.5. The highest BCUT2D eigenvalue weighted by Crippen LogP contribution is 2.31. The number of ether oxygens (including phenoxy) is 3. The molecule has 2 aromatic carbocycles. The third-order valence-corrected chi connectivity index (χ3v) is 5.47. The Hall–Kier alpha value is -2.73. The molecule has 1 atom stereocenters. The zero-order chi connectivity index (χ0) is 20.6. The van der Waals surface area contributed by atoms with E-state index >= 15 is 0 Å². The van der Waals surface area contributed by atoms with E-state index in [-0.39, 0.29) is 11.9 Å². The molecule has 0 spiro atoms. The summed E-state index contributed by atoms with van der Waals surface area (Å²) in [6, 6.07) is 15.7. The fraction of sp³-hybridized carbons (Fsp3) is 0.458. The van der Waals surface area contributed by atoms with Crippen LogP contribution in [-0.2, 0) is 11.2 Å².